The molecule has 7 heteroatoms. The molecule has 0 bridgehead atoms. The van der Waals surface area contributed by atoms with Crippen molar-refractivity contribution in [1.29, 1.82) is 0 Å². The normalized spacial score (nSPS) is 10.7. The average molecular weight is 364 g/mol. The Morgan fingerprint density at radius 1 is 1.19 bits per heavy atom. The molecule has 0 aliphatic rings. The molecule has 1 N–H and O–H groups in total. The number of amides is 1. The predicted molar refractivity (Wildman–Crippen MR) is 103 cm³/mol. The maximum atomic E-state index is 11.4. The number of carbonyl (C=O) groups excluding carboxylic acids is 1. The lowest BCUT2D eigenvalue weighted by Crippen LogP contribution is -2.18. The molecular formula is C20H20N4O3. The number of rotatable bonds is 6. The summed E-state index contributed by atoms with van der Waals surface area (Å²) >= 11 is 0. The Morgan fingerprint density at radius 2 is 1.93 bits per heavy atom. The van der Waals surface area contributed by atoms with Crippen molar-refractivity contribution in [2.45, 2.75) is 6.92 Å². The second kappa shape index (κ2) is 8.66. The number of carbonyl (C=O) groups is 1. The fourth-order valence-corrected chi connectivity index (χ4v) is 2.56. The van der Waals surface area contributed by atoms with E-state index in [1.165, 1.54) is 6.21 Å². The Kier molecular flexibility index (Phi) is 5.84. The zero-order valence-corrected chi connectivity index (χ0v) is 15.1. The van der Waals surface area contributed by atoms with Gasteiger partial charge in [0.05, 0.1) is 25.6 Å². The van der Waals surface area contributed by atoms with Crippen molar-refractivity contribution in [3.05, 3.63) is 66.4 Å². The number of hydrogen-bond acceptors (Lipinski definition) is 5. The van der Waals surface area contributed by atoms with Crippen LogP contribution in [-0.4, -0.2) is 35.8 Å². The molecule has 3 rings (SSSR count). The van der Waals surface area contributed by atoms with Crippen molar-refractivity contribution < 1.29 is 14.3 Å². The standard InChI is InChI=1S/C20H20N4O3/c1-3-27-20(25)22-21-13-15-14-24(16-9-5-4-6-10-16)23-19(15)17-11-7-8-12-18(17)26-2/h4-14H,3H2,1-2H3,(H,22,25)/b21-13-. The van der Waals surface area contributed by atoms with Gasteiger partial charge in [-0.15, -0.1) is 0 Å². The van der Waals surface area contributed by atoms with Crippen molar-refractivity contribution in [3.63, 3.8) is 0 Å². The highest BCUT2D eigenvalue weighted by atomic mass is 16.5. The molecule has 138 valence electrons. The van der Waals surface area contributed by atoms with Crippen LogP contribution in [-0.2, 0) is 4.74 Å². The SMILES string of the molecule is CCOC(=O)N/N=C\c1cn(-c2ccccc2)nc1-c1ccccc1OC. The number of hydrazone groups is 1. The van der Waals surface area contributed by atoms with Crippen LogP contribution in [0.3, 0.4) is 0 Å². The van der Waals surface area contributed by atoms with Gasteiger partial charge in [0.25, 0.3) is 0 Å². The van der Waals surface area contributed by atoms with E-state index < -0.39 is 6.09 Å². The molecule has 0 atom stereocenters. The smallest absolute Gasteiger partial charge is 0.427 e. The minimum atomic E-state index is -0.608. The van der Waals surface area contributed by atoms with Gasteiger partial charge in [0, 0.05) is 17.3 Å². The number of methoxy groups -OCH3 is 1. The molecule has 0 saturated heterocycles. The molecule has 7 nitrogen and oxygen atoms in total. The number of nitrogens with one attached hydrogen (secondary N) is 1. The van der Waals surface area contributed by atoms with Crippen molar-refractivity contribution in [3.8, 4) is 22.7 Å². The van der Waals surface area contributed by atoms with Crippen molar-refractivity contribution in [1.82, 2.24) is 15.2 Å². The summed E-state index contributed by atoms with van der Waals surface area (Å²) in [5.41, 5.74) is 5.47. The molecule has 0 saturated carbocycles. The fraction of sp³-hybridized carbons (Fsp3) is 0.150. The number of nitrogens with zero attached hydrogens (tertiary/aromatic N) is 3. The van der Waals surface area contributed by atoms with E-state index in [1.54, 1.807) is 18.7 Å². The highest BCUT2D eigenvalue weighted by molar-refractivity contribution is 5.90. The summed E-state index contributed by atoms with van der Waals surface area (Å²) in [6, 6.07) is 17.3. The highest BCUT2D eigenvalue weighted by Crippen LogP contribution is 2.31. The van der Waals surface area contributed by atoms with Crippen LogP contribution in [0.1, 0.15) is 12.5 Å². The van der Waals surface area contributed by atoms with Gasteiger partial charge in [0.2, 0.25) is 0 Å². The molecule has 0 unspecified atom stereocenters. The molecule has 0 aliphatic carbocycles. The summed E-state index contributed by atoms with van der Waals surface area (Å²) in [6.07, 6.45) is 2.77. The first kappa shape index (κ1) is 18.2. The third kappa shape index (κ3) is 4.33. The molecule has 1 heterocycles. The van der Waals surface area contributed by atoms with E-state index in [4.69, 9.17) is 14.6 Å². The van der Waals surface area contributed by atoms with E-state index in [0.717, 1.165) is 16.8 Å². The molecule has 1 aromatic heterocycles. The van der Waals surface area contributed by atoms with E-state index in [9.17, 15) is 4.79 Å². The van der Waals surface area contributed by atoms with E-state index >= 15 is 0 Å². The van der Waals surface area contributed by atoms with Crippen LogP contribution < -0.4 is 10.2 Å². The van der Waals surface area contributed by atoms with Crippen molar-refractivity contribution >= 4 is 12.3 Å². The number of ether oxygens (including phenoxy) is 2. The zero-order valence-electron chi connectivity index (χ0n) is 15.1. The first-order valence-corrected chi connectivity index (χ1v) is 8.47. The molecule has 0 aliphatic heterocycles. The van der Waals surface area contributed by atoms with Gasteiger partial charge in [-0.05, 0) is 31.2 Å². The summed E-state index contributed by atoms with van der Waals surface area (Å²) in [5.74, 6) is 0.698. The minimum Gasteiger partial charge on any atom is -0.496 e. The highest BCUT2D eigenvalue weighted by Gasteiger charge is 2.15. The first-order chi connectivity index (χ1) is 13.2. The molecule has 0 fully saturated rings. The van der Waals surface area contributed by atoms with Gasteiger partial charge in [0.1, 0.15) is 11.4 Å². The molecule has 1 amide bonds. The molecular weight excluding hydrogens is 344 g/mol. The van der Waals surface area contributed by atoms with E-state index in [2.05, 4.69) is 10.5 Å². The Hall–Kier alpha value is -3.61. The molecule has 0 radical (unpaired) electrons. The van der Waals surface area contributed by atoms with Crippen molar-refractivity contribution in [2.24, 2.45) is 5.10 Å². The largest absolute Gasteiger partial charge is 0.496 e. The van der Waals surface area contributed by atoms with Gasteiger partial charge in [-0.3, -0.25) is 0 Å². The summed E-state index contributed by atoms with van der Waals surface area (Å²) in [6.45, 7) is 2.01. The van der Waals surface area contributed by atoms with Crippen LogP contribution in [0.15, 0.2) is 65.9 Å². The van der Waals surface area contributed by atoms with Gasteiger partial charge in [-0.2, -0.15) is 10.2 Å². The first-order valence-electron chi connectivity index (χ1n) is 8.47. The van der Waals surface area contributed by atoms with Gasteiger partial charge in [-0.25, -0.2) is 14.9 Å². The average Bonchev–Trinajstić information content (AvgIpc) is 3.13. The number of benzene rings is 2. The molecule has 3 aromatic rings. The maximum Gasteiger partial charge on any atom is 0.427 e. The van der Waals surface area contributed by atoms with E-state index in [0.29, 0.717) is 11.4 Å². The summed E-state index contributed by atoms with van der Waals surface area (Å²) in [7, 11) is 1.61. The Morgan fingerprint density at radius 3 is 2.67 bits per heavy atom. The number of aromatic nitrogens is 2. The Balaban J connectivity index is 2.01. The van der Waals surface area contributed by atoms with E-state index in [-0.39, 0.29) is 6.61 Å². The second-order valence-electron chi connectivity index (χ2n) is 5.50. The number of hydrogen-bond donors (Lipinski definition) is 1. The quantitative estimate of drug-likeness (QED) is 0.535. The van der Waals surface area contributed by atoms with Crippen LogP contribution in [0.25, 0.3) is 16.9 Å². The second-order valence-corrected chi connectivity index (χ2v) is 5.50. The predicted octanol–water partition coefficient (Wildman–Crippen LogP) is 3.63. The lowest BCUT2D eigenvalue weighted by atomic mass is 10.1. The monoisotopic (exact) mass is 364 g/mol. The Labute approximate surface area is 157 Å². The summed E-state index contributed by atoms with van der Waals surface area (Å²) in [4.78, 5) is 11.4. The lowest BCUT2D eigenvalue weighted by molar-refractivity contribution is 0.152. The van der Waals surface area contributed by atoms with Gasteiger partial charge in [-0.1, -0.05) is 30.3 Å². The van der Waals surface area contributed by atoms with E-state index in [1.807, 2.05) is 60.8 Å². The maximum absolute atomic E-state index is 11.4. The third-order valence-electron chi connectivity index (χ3n) is 3.76. The van der Waals surface area contributed by atoms with Crippen molar-refractivity contribution in [2.75, 3.05) is 13.7 Å². The minimum absolute atomic E-state index is 0.278. The topological polar surface area (TPSA) is 77.7 Å². The van der Waals surface area contributed by atoms with Crippen LogP contribution >= 0.6 is 0 Å². The van der Waals surface area contributed by atoms with Crippen LogP contribution in [0.2, 0.25) is 0 Å². The van der Waals surface area contributed by atoms with Gasteiger partial charge < -0.3 is 9.47 Å². The van der Waals surface area contributed by atoms with Crippen LogP contribution in [0, 0.1) is 0 Å². The zero-order chi connectivity index (χ0) is 19.1. The Bertz CT molecular complexity index is 935. The van der Waals surface area contributed by atoms with Gasteiger partial charge >= 0.3 is 6.09 Å². The fourth-order valence-electron chi connectivity index (χ4n) is 2.56. The van der Waals surface area contributed by atoms with Crippen LogP contribution in [0.4, 0.5) is 4.79 Å². The third-order valence-corrected chi connectivity index (χ3v) is 3.76. The molecule has 27 heavy (non-hydrogen) atoms. The molecule has 2 aromatic carbocycles. The summed E-state index contributed by atoms with van der Waals surface area (Å²) < 4.78 is 12.0. The lowest BCUT2D eigenvalue weighted by Gasteiger charge is -2.06. The van der Waals surface area contributed by atoms with Gasteiger partial charge in [0.15, 0.2) is 0 Å². The van der Waals surface area contributed by atoms with Crippen LogP contribution in [0.5, 0.6) is 5.75 Å². The number of para-hydroxylation sites is 2. The summed E-state index contributed by atoms with van der Waals surface area (Å²) in [5, 5.41) is 8.66. The molecule has 0 spiro atoms.